The average Bonchev–Trinajstić information content (AvgIpc) is 3.04. The van der Waals surface area contributed by atoms with Crippen molar-refractivity contribution in [1.82, 2.24) is 9.88 Å². The van der Waals surface area contributed by atoms with E-state index in [0.29, 0.717) is 11.3 Å². The largest absolute Gasteiger partial charge is 0.491 e. The molecule has 35 heavy (non-hydrogen) atoms. The van der Waals surface area contributed by atoms with Crippen LogP contribution in [0.4, 0.5) is 10.2 Å². The molecule has 3 aromatic rings. The van der Waals surface area contributed by atoms with Gasteiger partial charge in [-0.05, 0) is 42.3 Å². The van der Waals surface area contributed by atoms with Crippen LogP contribution in [-0.4, -0.2) is 43.6 Å². The molecule has 2 aromatic carbocycles. The van der Waals surface area contributed by atoms with Crippen LogP contribution in [0.25, 0.3) is 11.1 Å². The first-order valence-corrected chi connectivity index (χ1v) is 12.8. The maximum atomic E-state index is 15.0. The number of carbonyl (C=O) groups excluding carboxylic acids is 1. The molecule has 0 saturated carbocycles. The molecule has 8 nitrogen and oxygen atoms in total. The first-order valence-electron chi connectivity index (χ1n) is 10.9. The Kier molecular flexibility index (Phi) is 6.45. The summed E-state index contributed by atoms with van der Waals surface area (Å²) in [7, 11) is -3.77. The molecule has 2 heterocycles. The molecule has 0 saturated heterocycles. The smallest absolute Gasteiger partial charge is 0.254 e. The maximum Gasteiger partial charge on any atom is 0.254 e. The van der Waals surface area contributed by atoms with Gasteiger partial charge in [0.15, 0.2) is 9.84 Å². The molecule has 0 spiro atoms. The van der Waals surface area contributed by atoms with E-state index < -0.39 is 26.5 Å². The molecule has 10 heteroatoms. The van der Waals surface area contributed by atoms with Gasteiger partial charge in [0.05, 0.1) is 12.1 Å². The van der Waals surface area contributed by atoms with Crippen molar-refractivity contribution < 1.29 is 22.3 Å². The molecule has 0 atom stereocenters. The van der Waals surface area contributed by atoms with Gasteiger partial charge in [0.2, 0.25) is 0 Å². The number of nitrogen functional groups attached to an aromatic ring is 1. The number of aromatic nitrogens is 1. The van der Waals surface area contributed by atoms with Gasteiger partial charge in [-0.2, -0.15) is 5.26 Å². The zero-order valence-corrected chi connectivity index (χ0v) is 20.0. The number of pyridine rings is 1. The molecule has 1 aliphatic heterocycles. The standard InChI is InChI=1S/C25H23FN4O4S/c1-3-19-20(5-7-22(23(19)26)35(2,32)33)25(31)30-8-9-34-21-6-4-15(10-18(21)14-30)17-11-16(12-27)24(28)29-13-17/h4-7,10-11,13H,3,8-9,14H2,1-2H3,(H2,28,29). The van der Waals surface area contributed by atoms with E-state index in [9.17, 15) is 22.9 Å². The summed E-state index contributed by atoms with van der Waals surface area (Å²) < 4.78 is 44.7. The third kappa shape index (κ3) is 4.68. The van der Waals surface area contributed by atoms with Gasteiger partial charge in [0, 0.05) is 41.3 Å². The topological polar surface area (TPSA) is 126 Å². The summed E-state index contributed by atoms with van der Waals surface area (Å²) in [6.45, 7) is 2.38. The molecular formula is C25H23FN4O4S. The average molecular weight is 495 g/mol. The van der Waals surface area contributed by atoms with Crippen LogP contribution in [-0.2, 0) is 22.8 Å². The monoisotopic (exact) mass is 494 g/mol. The van der Waals surface area contributed by atoms with Crippen LogP contribution in [0.5, 0.6) is 5.75 Å². The number of rotatable bonds is 4. The van der Waals surface area contributed by atoms with Crippen LogP contribution in [0.15, 0.2) is 47.5 Å². The Morgan fingerprint density at radius 3 is 2.71 bits per heavy atom. The molecular weight excluding hydrogens is 471 g/mol. The van der Waals surface area contributed by atoms with E-state index >= 15 is 0 Å². The fourth-order valence-corrected chi connectivity index (χ4v) is 4.84. The van der Waals surface area contributed by atoms with Crippen molar-refractivity contribution in [3.05, 3.63) is 70.7 Å². The number of halogens is 1. The molecule has 4 rings (SSSR count). The summed E-state index contributed by atoms with van der Waals surface area (Å²) in [5, 5.41) is 9.25. The second-order valence-corrected chi connectivity index (χ2v) is 10.2. The lowest BCUT2D eigenvalue weighted by molar-refractivity contribution is 0.0731. The lowest BCUT2D eigenvalue weighted by atomic mass is 10.0. The summed E-state index contributed by atoms with van der Waals surface area (Å²) in [5.41, 5.74) is 8.36. The van der Waals surface area contributed by atoms with Gasteiger partial charge >= 0.3 is 0 Å². The van der Waals surface area contributed by atoms with Crippen LogP contribution < -0.4 is 10.5 Å². The number of fused-ring (bicyclic) bond motifs is 1. The lowest BCUT2D eigenvalue weighted by Crippen LogP contribution is -2.33. The van der Waals surface area contributed by atoms with Crippen LogP contribution in [0, 0.1) is 17.1 Å². The highest BCUT2D eigenvalue weighted by Gasteiger charge is 2.27. The summed E-state index contributed by atoms with van der Waals surface area (Å²) in [5.74, 6) is -0.545. The van der Waals surface area contributed by atoms with Crippen LogP contribution in [0.1, 0.15) is 34.0 Å². The van der Waals surface area contributed by atoms with E-state index in [1.807, 2.05) is 18.2 Å². The van der Waals surface area contributed by atoms with Gasteiger partial charge in [-0.25, -0.2) is 17.8 Å². The Morgan fingerprint density at radius 1 is 1.26 bits per heavy atom. The van der Waals surface area contributed by atoms with Gasteiger partial charge in [0.25, 0.3) is 5.91 Å². The van der Waals surface area contributed by atoms with Crippen molar-refractivity contribution >= 4 is 21.6 Å². The molecule has 1 amide bonds. The second-order valence-electron chi connectivity index (χ2n) is 8.20. The van der Waals surface area contributed by atoms with E-state index in [0.717, 1.165) is 23.4 Å². The first kappa shape index (κ1) is 24.2. The summed E-state index contributed by atoms with van der Waals surface area (Å²) >= 11 is 0. The molecule has 0 bridgehead atoms. The van der Waals surface area contributed by atoms with Gasteiger partial charge in [-0.1, -0.05) is 13.0 Å². The molecule has 2 N–H and O–H groups in total. The van der Waals surface area contributed by atoms with Crippen LogP contribution >= 0.6 is 0 Å². The van der Waals surface area contributed by atoms with E-state index in [-0.39, 0.29) is 48.6 Å². The predicted molar refractivity (Wildman–Crippen MR) is 128 cm³/mol. The number of nitrogens with zero attached hydrogens (tertiary/aromatic N) is 3. The van der Waals surface area contributed by atoms with Crippen molar-refractivity contribution in [3.8, 4) is 22.9 Å². The normalized spacial score (nSPS) is 13.4. The molecule has 0 aliphatic carbocycles. The fraction of sp³-hybridized carbons (Fsp3) is 0.240. The number of hydrogen-bond donors (Lipinski definition) is 1. The van der Waals surface area contributed by atoms with Gasteiger partial charge in [0.1, 0.15) is 35.0 Å². The van der Waals surface area contributed by atoms with E-state index in [2.05, 4.69) is 4.98 Å². The van der Waals surface area contributed by atoms with Crippen LogP contribution in [0.3, 0.4) is 0 Å². The minimum atomic E-state index is -3.77. The summed E-state index contributed by atoms with van der Waals surface area (Å²) in [6.07, 6.45) is 2.66. The fourth-order valence-electron chi connectivity index (χ4n) is 4.07. The Balaban J connectivity index is 1.69. The molecule has 1 aliphatic rings. The SMILES string of the molecule is CCc1c(C(=O)N2CCOc3ccc(-c4cnc(N)c(C#N)c4)cc3C2)ccc(S(C)(=O)=O)c1F. The minimum absolute atomic E-state index is 0.0639. The van der Waals surface area contributed by atoms with Crippen molar-refractivity contribution in [3.63, 3.8) is 0 Å². The Morgan fingerprint density at radius 2 is 2.03 bits per heavy atom. The number of nitrogens with two attached hydrogens (primary N) is 1. The van der Waals surface area contributed by atoms with E-state index in [1.54, 1.807) is 30.2 Å². The molecule has 1 aromatic heterocycles. The molecule has 180 valence electrons. The number of benzene rings is 2. The number of hydrogen-bond acceptors (Lipinski definition) is 7. The Labute approximate surface area is 202 Å². The molecule has 0 unspecified atom stereocenters. The number of sulfone groups is 1. The zero-order valence-electron chi connectivity index (χ0n) is 19.2. The highest BCUT2D eigenvalue weighted by atomic mass is 32.2. The Hall–Kier alpha value is -3.97. The quantitative estimate of drug-likeness (QED) is 0.589. The maximum absolute atomic E-state index is 15.0. The zero-order chi connectivity index (χ0) is 25.3. The minimum Gasteiger partial charge on any atom is -0.491 e. The molecule has 0 radical (unpaired) electrons. The van der Waals surface area contributed by atoms with E-state index in [1.165, 1.54) is 6.07 Å². The summed E-state index contributed by atoms with van der Waals surface area (Å²) in [6, 6.07) is 11.6. The molecule has 0 fully saturated rings. The van der Waals surface area contributed by atoms with Crippen LogP contribution in [0.2, 0.25) is 0 Å². The summed E-state index contributed by atoms with van der Waals surface area (Å²) in [4.78, 5) is 18.6. The third-order valence-corrected chi connectivity index (χ3v) is 7.01. The number of anilines is 1. The third-order valence-electron chi connectivity index (χ3n) is 5.89. The van der Waals surface area contributed by atoms with Crippen molar-refractivity contribution in [2.45, 2.75) is 24.8 Å². The predicted octanol–water partition coefficient (Wildman–Crippen LogP) is 3.34. The van der Waals surface area contributed by atoms with Crippen molar-refractivity contribution in [1.29, 1.82) is 5.26 Å². The van der Waals surface area contributed by atoms with Gasteiger partial charge < -0.3 is 15.4 Å². The van der Waals surface area contributed by atoms with Crippen molar-refractivity contribution in [2.24, 2.45) is 0 Å². The highest BCUT2D eigenvalue weighted by molar-refractivity contribution is 7.90. The van der Waals surface area contributed by atoms with E-state index in [4.69, 9.17) is 10.5 Å². The lowest BCUT2D eigenvalue weighted by Gasteiger charge is -2.22. The Bertz CT molecular complexity index is 1480. The highest BCUT2D eigenvalue weighted by Crippen LogP contribution is 2.31. The van der Waals surface area contributed by atoms with Gasteiger partial charge in [-0.3, -0.25) is 4.79 Å². The number of carbonyl (C=O) groups is 1. The number of nitriles is 1. The number of amides is 1. The second kappa shape index (κ2) is 9.35. The van der Waals surface area contributed by atoms with Crippen molar-refractivity contribution in [2.75, 3.05) is 25.1 Å². The van der Waals surface area contributed by atoms with Gasteiger partial charge in [-0.15, -0.1) is 0 Å². The number of ether oxygens (including phenoxy) is 1. The first-order chi connectivity index (χ1) is 16.6.